The summed E-state index contributed by atoms with van der Waals surface area (Å²) in [6.45, 7) is 0. The van der Waals surface area contributed by atoms with Crippen LogP contribution < -0.4 is 5.32 Å². The van der Waals surface area contributed by atoms with Gasteiger partial charge in [0, 0.05) is 24.0 Å². The van der Waals surface area contributed by atoms with Crippen molar-refractivity contribution in [2.45, 2.75) is 6.18 Å². The fourth-order valence-corrected chi connectivity index (χ4v) is 2.66. The molecular formula is C17H13ClF3N3. The normalized spacial score (nSPS) is 11.5. The molecule has 2 aromatic carbocycles. The van der Waals surface area contributed by atoms with Gasteiger partial charge in [0.15, 0.2) is 0 Å². The van der Waals surface area contributed by atoms with Gasteiger partial charge >= 0.3 is 6.18 Å². The Bertz CT molecular complexity index is 835. The highest BCUT2D eigenvalue weighted by atomic mass is 35.5. The number of halogens is 4. The average molecular weight is 352 g/mol. The van der Waals surface area contributed by atoms with Gasteiger partial charge in [-0.15, -0.1) is 0 Å². The number of nitrogens with one attached hydrogen (secondary N) is 1. The second kappa shape index (κ2) is 6.20. The highest BCUT2D eigenvalue weighted by Gasteiger charge is 2.29. The smallest absolute Gasteiger partial charge is 0.356 e. The second-order valence-corrected chi connectivity index (χ2v) is 5.65. The lowest BCUT2D eigenvalue weighted by Crippen LogP contribution is -2.04. The minimum absolute atomic E-state index is 0.532. The predicted octanol–water partition coefficient (Wildman–Crippen LogP) is 5.50. The first kappa shape index (κ1) is 16.4. The molecule has 24 heavy (non-hydrogen) atoms. The first-order chi connectivity index (χ1) is 11.3. The topological polar surface area (TPSA) is 29.9 Å². The molecule has 0 fully saturated rings. The highest BCUT2D eigenvalue weighted by molar-refractivity contribution is 6.33. The van der Waals surface area contributed by atoms with Crippen molar-refractivity contribution in [3.63, 3.8) is 0 Å². The van der Waals surface area contributed by atoms with Gasteiger partial charge in [-0.05, 0) is 36.4 Å². The summed E-state index contributed by atoms with van der Waals surface area (Å²) in [5.41, 5.74) is 2.26. The fraction of sp³-hybridized carbons (Fsp3) is 0.118. The van der Waals surface area contributed by atoms with Gasteiger partial charge in [0.05, 0.1) is 22.5 Å². The zero-order chi connectivity index (χ0) is 17.3. The molecule has 3 aromatic rings. The third-order valence-electron chi connectivity index (χ3n) is 3.53. The summed E-state index contributed by atoms with van der Waals surface area (Å²) < 4.78 is 39.4. The molecule has 1 aromatic heterocycles. The number of rotatable bonds is 3. The lowest BCUT2D eigenvalue weighted by Gasteiger charge is -2.11. The minimum Gasteiger partial charge on any atom is -0.356 e. The summed E-state index contributed by atoms with van der Waals surface area (Å²) in [4.78, 5) is 0. The van der Waals surface area contributed by atoms with Gasteiger partial charge in [-0.25, -0.2) is 0 Å². The first-order valence-corrected chi connectivity index (χ1v) is 7.44. The van der Waals surface area contributed by atoms with Crippen molar-refractivity contribution >= 4 is 23.0 Å². The number of hydrogen-bond donors (Lipinski definition) is 1. The molecule has 0 aliphatic carbocycles. The van der Waals surface area contributed by atoms with Crippen LogP contribution in [0, 0.1) is 0 Å². The Labute approximate surface area is 141 Å². The Kier molecular flexibility index (Phi) is 4.24. The lowest BCUT2D eigenvalue weighted by molar-refractivity contribution is -0.137. The maximum atomic E-state index is 12.6. The number of nitrogens with zero attached hydrogens (tertiary/aromatic N) is 2. The number of aromatic nitrogens is 2. The summed E-state index contributed by atoms with van der Waals surface area (Å²) in [6, 6.07) is 12.3. The molecule has 0 aliphatic heterocycles. The van der Waals surface area contributed by atoms with Crippen LogP contribution in [-0.4, -0.2) is 9.78 Å². The van der Waals surface area contributed by atoms with Gasteiger partial charge in [0.25, 0.3) is 0 Å². The van der Waals surface area contributed by atoms with Crippen LogP contribution in [-0.2, 0) is 13.2 Å². The Morgan fingerprint density at radius 1 is 1.04 bits per heavy atom. The van der Waals surface area contributed by atoms with Crippen LogP contribution in [0.5, 0.6) is 0 Å². The molecule has 1 heterocycles. The van der Waals surface area contributed by atoms with E-state index < -0.39 is 11.7 Å². The Balaban J connectivity index is 1.85. The molecular weight excluding hydrogens is 339 g/mol. The molecule has 124 valence electrons. The van der Waals surface area contributed by atoms with E-state index in [0.717, 1.165) is 29.1 Å². The van der Waals surface area contributed by atoms with Crippen molar-refractivity contribution in [1.82, 2.24) is 9.78 Å². The largest absolute Gasteiger partial charge is 0.416 e. The zero-order valence-electron chi connectivity index (χ0n) is 12.6. The number of hydrogen-bond acceptors (Lipinski definition) is 2. The van der Waals surface area contributed by atoms with Gasteiger partial charge < -0.3 is 5.32 Å². The van der Waals surface area contributed by atoms with E-state index in [2.05, 4.69) is 10.4 Å². The standard InChI is InChI=1S/C17H13ClF3N3/c1-24-16(15(18)10-22-24)11-3-2-4-14(9-11)23-13-7-5-12(6-8-13)17(19,20)21/h2-10,23H,1H3. The SMILES string of the molecule is Cn1ncc(Cl)c1-c1cccc(Nc2ccc(C(F)(F)F)cc2)c1. The van der Waals surface area contributed by atoms with Crippen molar-refractivity contribution in [1.29, 1.82) is 0 Å². The Morgan fingerprint density at radius 2 is 1.75 bits per heavy atom. The molecule has 0 bridgehead atoms. The van der Waals surface area contributed by atoms with E-state index in [1.165, 1.54) is 12.1 Å². The fourth-order valence-electron chi connectivity index (χ4n) is 2.39. The molecule has 0 unspecified atom stereocenters. The second-order valence-electron chi connectivity index (χ2n) is 5.25. The van der Waals surface area contributed by atoms with E-state index in [1.807, 2.05) is 24.3 Å². The average Bonchev–Trinajstić information content (AvgIpc) is 2.86. The molecule has 0 radical (unpaired) electrons. The maximum absolute atomic E-state index is 12.6. The number of alkyl halides is 3. The van der Waals surface area contributed by atoms with Crippen LogP contribution in [0.15, 0.2) is 54.7 Å². The molecule has 0 saturated carbocycles. The van der Waals surface area contributed by atoms with Crippen LogP contribution in [0.2, 0.25) is 5.02 Å². The monoisotopic (exact) mass is 351 g/mol. The molecule has 0 saturated heterocycles. The van der Waals surface area contributed by atoms with E-state index in [0.29, 0.717) is 10.7 Å². The number of anilines is 2. The molecule has 1 N–H and O–H groups in total. The molecule has 0 atom stereocenters. The Morgan fingerprint density at radius 3 is 2.33 bits per heavy atom. The van der Waals surface area contributed by atoms with Crippen LogP contribution in [0.1, 0.15) is 5.56 Å². The minimum atomic E-state index is -4.34. The number of benzene rings is 2. The van der Waals surface area contributed by atoms with Crippen molar-refractivity contribution in [2.24, 2.45) is 7.05 Å². The van der Waals surface area contributed by atoms with Crippen molar-refractivity contribution in [3.8, 4) is 11.3 Å². The third-order valence-corrected chi connectivity index (χ3v) is 3.81. The van der Waals surface area contributed by atoms with Crippen LogP contribution in [0.4, 0.5) is 24.5 Å². The quantitative estimate of drug-likeness (QED) is 0.675. The summed E-state index contributed by atoms with van der Waals surface area (Å²) in [7, 11) is 1.79. The van der Waals surface area contributed by atoms with Gasteiger partial charge in [0.2, 0.25) is 0 Å². The van der Waals surface area contributed by atoms with Gasteiger partial charge in [-0.1, -0.05) is 23.7 Å². The van der Waals surface area contributed by atoms with E-state index >= 15 is 0 Å². The summed E-state index contributed by atoms with van der Waals surface area (Å²) in [5, 5.41) is 7.71. The molecule has 7 heteroatoms. The van der Waals surface area contributed by atoms with Gasteiger partial charge in [0.1, 0.15) is 0 Å². The van der Waals surface area contributed by atoms with E-state index in [-0.39, 0.29) is 0 Å². The summed E-state index contributed by atoms with van der Waals surface area (Å²) >= 11 is 6.14. The first-order valence-electron chi connectivity index (χ1n) is 7.07. The highest BCUT2D eigenvalue weighted by Crippen LogP contribution is 2.32. The van der Waals surface area contributed by atoms with E-state index in [4.69, 9.17) is 11.6 Å². The molecule has 3 rings (SSSR count). The zero-order valence-corrected chi connectivity index (χ0v) is 13.4. The van der Waals surface area contributed by atoms with E-state index in [1.54, 1.807) is 17.9 Å². The van der Waals surface area contributed by atoms with Crippen LogP contribution in [0.3, 0.4) is 0 Å². The van der Waals surface area contributed by atoms with Crippen molar-refractivity contribution < 1.29 is 13.2 Å². The van der Waals surface area contributed by atoms with Crippen LogP contribution in [0.25, 0.3) is 11.3 Å². The van der Waals surface area contributed by atoms with Gasteiger partial charge in [-0.3, -0.25) is 4.68 Å². The third kappa shape index (κ3) is 3.38. The molecule has 0 aliphatic rings. The maximum Gasteiger partial charge on any atom is 0.416 e. The van der Waals surface area contributed by atoms with E-state index in [9.17, 15) is 13.2 Å². The van der Waals surface area contributed by atoms with Gasteiger partial charge in [-0.2, -0.15) is 18.3 Å². The molecule has 0 spiro atoms. The lowest BCUT2D eigenvalue weighted by atomic mass is 10.1. The molecule has 0 amide bonds. The van der Waals surface area contributed by atoms with Crippen molar-refractivity contribution in [2.75, 3.05) is 5.32 Å². The summed E-state index contributed by atoms with van der Waals surface area (Å²) in [5.74, 6) is 0. The predicted molar refractivity (Wildman–Crippen MR) is 88.4 cm³/mol. The van der Waals surface area contributed by atoms with Crippen LogP contribution >= 0.6 is 11.6 Å². The summed E-state index contributed by atoms with van der Waals surface area (Å²) in [6.07, 6.45) is -2.78. The van der Waals surface area contributed by atoms with Crippen molar-refractivity contribution in [3.05, 3.63) is 65.3 Å². The Hall–Kier alpha value is -2.47. The number of aryl methyl sites for hydroxylation is 1. The molecule has 3 nitrogen and oxygen atoms in total.